The molecule has 3 heterocycles. The van der Waals surface area contributed by atoms with Crippen molar-refractivity contribution in [3.05, 3.63) is 52.5 Å². The van der Waals surface area contributed by atoms with E-state index in [1.54, 1.807) is 11.3 Å². The summed E-state index contributed by atoms with van der Waals surface area (Å²) >= 11 is 1.57. The summed E-state index contributed by atoms with van der Waals surface area (Å²) in [5.74, 6) is -0.356. The fourth-order valence-electron chi connectivity index (χ4n) is 3.85. The van der Waals surface area contributed by atoms with Crippen molar-refractivity contribution in [2.75, 3.05) is 38.1 Å². The maximum Gasteiger partial charge on any atom is 0.253 e. The Morgan fingerprint density at radius 3 is 2.65 bits per heavy atom. The van der Waals surface area contributed by atoms with Gasteiger partial charge in [-0.15, -0.1) is 0 Å². The number of likely N-dealkylation sites (N-methyl/N-ethyl adjacent to an activating group) is 1. The number of thiophene rings is 1. The zero-order valence-corrected chi connectivity index (χ0v) is 15.3. The van der Waals surface area contributed by atoms with E-state index < -0.39 is 0 Å². The van der Waals surface area contributed by atoms with E-state index in [4.69, 9.17) is 0 Å². The van der Waals surface area contributed by atoms with Gasteiger partial charge in [-0.2, -0.15) is 11.3 Å². The van der Waals surface area contributed by atoms with Crippen molar-refractivity contribution in [3.8, 4) is 0 Å². The Labute approximate surface area is 155 Å². The monoisotopic (exact) mass is 373 g/mol. The van der Waals surface area contributed by atoms with Crippen LogP contribution in [-0.2, 0) is 4.79 Å². The van der Waals surface area contributed by atoms with Crippen molar-refractivity contribution in [3.63, 3.8) is 0 Å². The summed E-state index contributed by atoms with van der Waals surface area (Å²) in [6.07, 6.45) is 0.810. The summed E-state index contributed by atoms with van der Waals surface area (Å²) in [6.45, 7) is 2.11. The van der Waals surface area contributed by atoms with Crippen LogP contribution in [0, 0.1) is 5.82 Å². The SMILES string of the molecule is CN1CC(=O)N(c2ccsc2)CC12CCN(C(=O)c1ccc(F)cc1)C2. The lowest BCUT2D eigenvalue weighted by molar-refractivity contribution is -0.123. The van der Waals surface area contributed by atoms with Gasteiger partial charge in [0, 0.05) is 30.6 Å². The van der Waals surface area contributed by atoms with Crippen LogP contribution in [0.5, 0.6) is 0 Å². The molecule has 0 bridgehead atoms. The summed E-state index contributed by atoms with van der Waals surface area (Å²) in [5.41, 5.74) is 1.18. The van der Waals surface area contributed by atoms with Crippen molar-refractivity contribution >= 4 is 28.8 Å². The molecule has 0 N–H and O–H groups in total. The van der Waals surface area contributed by atoms with E-state index in [1.165, 1.54) is 24.3 Å². The van der Waals surface area contributed by atoms with Gasteiger partial charge in [0.1, 0.15) is 5.82 Å². The molecule has 0 aliphatic carbocycles. The topological polar surface area (TPSA) is 43.9 Å². The first-order valence-electron chi connectivity index (χ1n) is 8.57. The molecular formula is C19H20FN3O2S. The van der Waals surface area contributed by atoms with E-state index in [-0.39, 0.29) is 23.2 Å². The molecule has 0 saturated carbocycles. The highest BCUT2D eigenvalue weighted by Crippen LogP contribution is 2.34. The molecular weight excluding hydrogens is 353 g/mol. The highest BCUT2D eigenvalue weighted by Gasteiger charge is 2.48. The van der Waals surface area contributed by atoms with E-state index in [9.17, 15) is 14.0 Å². The number of carbonyl (C=O) groups is 2. The molecule has 2 aliphatic rings. The van der Waals surface area contributed by atoms with Crippen LogP contribution >= 0.6 is 11.3 Å². The van der Waals surface area contributed by atoms with Gasteiger partial charge in [-0.1, -0.05) is 0 Å². The van der Waals surface area contributed by atoms with Crippen molar-refractivity contribution in [2.24, 2.45) is 0 Å². The highest BCUT2D eigenvalue weighted by molar-refractivity contribution is 7.08. The predicted octanol–water partition coefficient (Wildman–Crippen LogP) is 2.45. The smallest absolute Gasteiger partial charge is 0.253 e. The van der Waals surface area contributed by atoms with Gasteiger partial charge in [0.15, 0.2) is 0 Å². The minimum atomic E-state index is -0.351. The van der Waals surface area contributed by atoms with Crippen LogP contribution in [0.3, 0.4) is 0 Å². The lowest BCUT2D eigenvalue weighted by atomic mass is 9.93. The number of benzene rings is 1. The van der Waals surface area contributed by atoms with Crippen molar-refractivity contribution in [1.29, 1.82) is 0 Å². The third-order valence-corrected chi connectivity index (χ3v) is 6.13. The maximum atomic E-state index is 13.1. The minimum Gasteiger partial charge on any atom is -0.337 e. The quantitative estimate of drug-likeness (QED) is 0.812. The molecule has 1 atom stereocenters. The number of carbonyl (C=O) groups excluding carboxylic acids is 2. The molecule has 1 aromatic carbocycles. The predicted molar refractivity (Wildman–Crippen MR) is 99.0 cm³/mol. The molecule has 2 saturated heterocycles. The second-order valence-electron chi connectivity index (χ2n) is 7.03. The standard InChI is InChI=1S/C19H20FN3O2S/c1-21-10-17(24)23(16-6-9-26-11-16)13-19(21)7-8-22(12-19)18(25)14-2-4-15(20)5-3-14/h2-6,9,11H,7-8,10,12-13H2,1H3. The average molecular weight is 373 g/mol. The van der Waals surface area contributed by atoms with E-state index in [1.807, 2.05) is 33.7 Å². The highest BCUT2D eigenvalue weighted by atomic mass is 32.1. The van der Waals surface area contributed by atoms with Gasteiger partial charge >= 0.3 is 0 Å². The lowest BCUT2D eigenvalue weighted by Crippen LogP contribution is -2.64. The van der Waals surface area contributed by atoms with Gasteiger partial charge in [-0.05, 0) is 49.2 Å². The third-order valence-electron chi connectivity index (χ3n) is 5.46. The second-order valence-corrected chi connectivity index (χ2v) is 7.81. The summed E-state index contributed by atoms with van der Waals surface area (Å²) in [4.78, 5) is 31.0. The Balaban J connectivity index is 1.54. The molecule has 2 amide bonds. The lowest BCUT2D eigenvalue weighted by Gasteiger charge is -2.46. The minimum absolute atomic E-state index is 0.0832. The fourth-order valence-corrected chi connectivity index (χ4v) is 4.49. The largest absolute Gasteiger partial charge is 0.337 e. The molecule has 5 nitrogen and oxygen atoms in total. The number of likely N-dealkylation sites (tertiary alicyclic amines) is 1. The number of piperazine rings is 1. The maximum absolute atomic E-state index is 13.1. The van der Waals surface area contributed by atoms with E-state index >= 15 is 0 Å². The zero-order valence-electron chi connectivity index (χ0n) is 14.5. The Hall–Kier alpha value is -2.25. The van der Waals surface area contributed by atoms with Crippen LogP contribution in [0.25, 0.3) is 0 Å². The van der Waals surface area contributed by atoms with Crippen molar-refractivity contribution < 1.29 is 14.0 Å². The van der Waals surface area contributed by atoms with Gasteiger partial charge in [-0.25, -0.2) is 4.39 Å². The first-order valence-corrected chi connectivity index (χ1v) is 9.51. The van der Waals surface area contributed by atoms with Crippen molar-refractivity contribution in [2.45, 2.75) is 12.0 Å². The number of halogens is 1. The Morgan fingerprint density at radius 2 is 1.96 bits per heavy atom. The number of rotatable bonds is 2. The molecule has 2 aliphatic heterocycles. The van der Waals surface area contributed by atoms with Crippen LogP contribution < -0.4 is 4.90 Å². The molecule has 2 aromatic rings. The van der Waals surface area contributed by atoms with E-state index in [0.29, 0.717) is 31.7 Å². The van der Waals surface area contributed by atoms with Gasteiger partial charge < -0.3 is 9.80 Å². The van der Waals surface area contributed by atoms with Gasteiger partial charge in [0.25, 0.3) is 5.91 Å². The van der Waals surface area contributed by atoms with Gasteiger partial charge in [0.2, 0.25) is 5.91 Å². The number of hydrogen-bond donors (Lipinski definition) is 0. The van der Waals surface area contributed by atoms with Crippen molar-refractivity contribution in [1.82, 2.24) is 9.80 Å². The average Bonchev–Trinajstić information content (AvgIpc) is 3.29. The Kier molecular flexibility index (Phi) is 4.28. The number of nitrogens with zero attached hydrogens (tertiary/aromatic N) is 3. The van der Waals surface area contributed by atoms with Crippen LogP contribution in [0.4, 0.5) is 10.1 Å². The molecule has 4 rings (SSSR count). The van der Waals surface area contributed by atoms with Crippen LogP contribution in [0.1, 0.15) is 16.8 Å². The molecule has 7 heteroatoms. The third kappa shape index (κ3) is 2.91. The van der Waals surface area contributed by atoms with Gasteiger partial charge in [0.05, 0.1) is 17.8 Å². The number of amides is 2. The first-order chi connectivity index (χ1) is 12.5. The molecule has 0 radical (unpaired) electrons. The second kappa shape index (κ2) is 6.48. The Bertz CT molecular complexity index is 824. The molecule has 1 spiro atoms. The molecule has 2 fully saturated rings. The van der Waals surface area contributed by atoms with Crippen LogP contribution in [-0.4, -0.2) is 60.4 Å². The first kappa shape index (κ1) is 17.2. The summed E-state index contributed by atoms with van der Waals surface area (Å²) in [7, 11) is 1.95. The van der Waals surface area contributed by atoms with E-state index in [0.717, 1.165) is 12.1 Å². The summed E-state index contributed by atoms with van der Waals surface area (Å²) < 4.78 is 13.1. The molecule has 136 valence electrons. The van der Waals surface area contributed by atoms with Crippen LogP contribution in [0.2, 0.25) is 0 Å². The number of anilines is 1. The molecule has 1 aromatic heterocycles. The number of hydrogen-bond acceptors (Lipinski definition) is 4. The molecule has 1 unspecified atom stereocenters. The molecule has 26 heavy (non-hydrogen) atoms. The van der Waals surface area contributed by atoms with Gasteiger partial charge in [-0.3, -0.25) is 14.5 Å². The summed E-state index contributed by atoms with van der Waals surface area (Å²) in [6, 6.07) is 7.62. The fraction of sp³-hybridized carbons (Fsp3) is 0.368. The Morgan fingerprint density at radius 1 is 1.19 bits per heavy atom. The zero-order chi connectivity index (χ0) is 18.3. The summed E-state index contributed by atoms with van der Waals surface area (Å²) in [5, 5.41) is 3.94. The van der Waals surface area contributed by atoms with E-state index in [2.05, 4.69) is 4.90 Å². The van der Waals surface area contributed by atoms with Crippen LogP contribution in [0.15, 0.2) is 41.1 Å². The normalized spacial score (nSPS) is 23.8.